The Morgan fingerprint density at radius 2 is 1.79 bits per heavy atom. The molecule has 0 bridgehead atoms. The second-order valence-corrected chi connectivity index (χ2v) is 6.74. The summed E-state index contributed by atoms with van der Waals surface area (Å²) in [5.74, 6) is -1.92. The molecule has 2 aromatic carbocycles. The summed E-state index contributed by atoms with van der Waals surface area (Å²) in [7, 11) is 1.60. The van der Waals surface area contributed by atoms with Crippen LogP contribution in [0.15, 0.2) is 41.4 Å². The van der Waals surface area contributed by atoms with Crippen molar-refractivity contribution in [2.24, 2.45) is 10.9 Å². The number of guanidine groups is 1. The van der Waals surface area contributed by atoms with Crippen LogP contribution in [-0.2, 0) is 6.54 Å². The Morgan fingerprint density at radius 1 is 1.03 bits per heavy atom. The van der Waals surface area contributed by atoms with Gasteiger partial charge in [-0.3, -0.25) is 4.99 Å². The minimum absolute atomic E-state index is 0. The molecule has 1 saturated heterocycles. The number of nitrogens with zero attached hydrogens (tertiary/aromatic N) is 2. The van der Waals surface area contributed by atoms with E-state index in [1.54, 1.807) is 13.1 Å². The van der Waals surface area contributed by atoms with Crippen molar-refractivity contribution >= 4 is 35.6 Å². The average Bonchev–Trinajstić information content (AvgIpc) is 3.15. The van der Waals surface area contributed by atoms with Gasteiger partial charge < -0.3 is 15.5 Å². The molecule has 29 heavy (non-hydrogen) atoms. The summed E-state index contributed by atoms with van der Waals surface area (Å²) in [5, 5.41) is 6.13. The second kappa shape index (κ2) is 10.7. The summed E-state index contributed by atoms with van der Waals surface area (Å²) in [6.45, 7) is 2.17. The normalized spacial score (nSPS) is 16.5. The van der Waals surface area contributed by atoms with Gasteiger partial charge in [0.05, 0.1) is 0 Å². The second-order valence-electron chi connectivity index (χ2n) is 6.74. The first-order chi connectivity index (χ1) is 13.5. The molecule has 158 valence electrons. The number of nitrogens with one attached hydrogen (secondary N) is 2. The van der Waals surface area contributed by atoms with Gasteiger partial charge in [0.25, 0.3) is 0 Å². The number of halogens is 5. The first-order valence-corrected chi connectivity index (χ1v) is 9.04. The highest BCUT2D eigenvalue weighted by Gasteiger charge is 2.23. The van der Waals surface area contributed by atoms with Gasteiger partial charge in [-0.05, 0) is 42.7 Å². The minimum Gasteiger partial charge on any atom is -0.371 e. The molecule has 1 atom stereocenters. The molecule has 0 aromatic heterocycles. The van der Waals surface area contributed by atoms with Gasteiger partial charge in [-0.25, -0.2) is 17.6 Å². The molecule has 0 spiro atoms. The fourth-order valence-electron chi connectivity index (χ4n) is 3.23. The lowest BCUT2D eigenvalue weighted by Crippen LogP contribution is -2.40. The highest BCUT2D eigenvalue weighted by molar-refractivity contribution is 14.0. The fourth-order valence-corrected chi connectivity index (χ4v) is 3.23. The number of hydrogen-bond donors (Lipinski definition) is 2. The summed E-state index contributed by atoms with van der Waals surface area (Å²) < 4.78 is 53.4. The minimum atomic E-state index is -0.856. The van der Waals surface area contributed by atoms with E-state index in [1.165, 1.54) is 6.07 Å². The number of rotatable bonds is 5. The molecule has 1 fully saturated rings. The molecule has 1 unspecified atom stereocenters. The third-order valence-electron chi connectivity index (χ3n) is 4.79. The Hall–Kier alpha value is -2.04. The Morgan fingerprint density at radius 3 is 2.52 bits per heavy atom. The highest BCUT2D eigenvalue weighted by Crippen LogP contribution is 2.25. The standard InChI is InChI=1S/C20H22F4N4.HI/c1-25-20(27-11-14-8-15(21)2-4-17(14)22)26-10-13-6-7-28(12-13)16-3-5-18(23)19(24)9-16;/h2-5,8-9,13H,6-7,10-12H2,1H3,(H2,25,26,27);1H. The quantitative estimate of drug-likeness (QED) is 0.270. The van der Waals surface area contributed by atoms with Gasteiger partial charge in [0.15, 0.2) is 17.6 Å². The topological polar surface area (TPSA) is 39.7 Å². The van der Waals surface area contributed by atoms with E-state index in [1.807, 2.05) is 4.90 Å². The molecule has 3 rings (SSSR count). The van der Waals surface area contributed by atoms with Crippen LogP contribution in [0.5, 0.6) is 0 Å². The van der Waals surface area contributed by atoms with Crippen molar-refractivity contribution in [2.45, 2.75) is 13.0 Å². The van der Waals surface area contributed by atoms with Gasteiger partial charge in [0.1, 0.15) is 11.6 Å². The van der Waals surface area contributed by atoms with Gasteiger partial charge in [0, 0.05) is 50.5 Å². The SMILES string of the molecule is CN=C(NCc1cc(F)ccc1F)NCC1CCN(c2ccc(F)c(F)c2)C1.I. The van der Waals surface area contributed by atoms with Crippen molar-refractivity contribution in [2.75, 3.05) is 31.6 Å². The maximum atomic E-state index is 13.7. The van der Waals surface area contributed by atoms with Crippen molar-refractivity contribution in [1.82, 2.24) is 10.6 Å². The van der Waals surface area contributed by atoms with E-state index in [2.05, 4.69) is 15.6 Å². The zero-order valence-electron chi connectivity index (χ0n) is 15.9. The van der Waals surface area contributed by atoms with Crippen LogP contribution in [0.2, 0.25) is 0 Å². The van der Waals surface area contributed by atoms with Crippen molar-refractivity contribution in [1.29, 1.82) is 0 Å². The van der Waals surface area contributed by atoms with Crippen molar-refractivity contribution in [3.05, 3.63) is 65.2 Å². The van der Waals surface area contributed by atoms with E-state index in [-0.39, 0.29) is 42.0 Å². The Bertz CT molecular complexity index is 862. The number of anilines is 1. The van der Waals surface area contributed by atoms with Crippen LogP contribution in [0.4, 0.5) is 23.2 Å². The zero-order valence-corrected chi connectivity index (χ0v) is 18.2. The molecule has 4 nitrogen and oxygen atoms in total. The summed E-state index contributed by atoms with van der Waals surface area (Å²) in [4.78, 5) is 6.10. The first-order valence-electron chi connectivity index (χ1n) is 9.04. The molecule has 2 aromatic rings. The highest BCUT2D eigenvalue weighted by atomic mass is 127. The van der Waals surface area contributed by atoms with Crippen molar-refractivity contribution < 1.29 is 17.6 Å². The number of hydrogen-bond acceptors (Lipinski definition) is 2. The van der Waals surface area contributed by atoms with Gasteiger partial charge in [0.2, 0.25) is 0 Å². The van der Waals surface area contributed by atoms with Gasteiger partial charge in [-0.15, -0.1) is 24.0 Å². The zero-order chi connectivity index (χ0) is 20.1. The van der Waals surface area contributed by atoms with E-state index in [0.717, 1.165) is 37.2 Å². The summed E-state index contributed by atoms with van der Waals surface area (Å²) >= 11 is 0. The predicted octanol–water partition coefficient (Wildman–Crippen LogP) is 4.05. The smallest absolute Gasteiger partial charge is 0.191 e. The third kappa shape index (κ3) is 6.22. The average molecular weight is 522 g/mol. The van der Waals surface area contributed by atoms with Gasteiger partial charge in [-0.2, -0.15) is 0 Å². The van der Waals surface area contributed by atoms with E-state index >= 15 is 0 Å². The lowest BCUT2D eigenvalue weighted by atomic mass is 10.1. The van der Waals surface area contributed by atoms with Crippen LogP contribution in [-0.4, -0.2) is 32.6 Å². The van der Waals surface area contributed by atoms with Crippen molar-refractivity contribution in [3.63, 3.8) is 0 Å². The molecular formula is C20H23F4IN4. The van der Waals surface area contributed by atoms with E-state index in [9.17, 15) is 17.6 Å². The lowest BCUT2D eigenvalue weighted by molar-refractivity contribution is 0.508. The van der Waals surface area contributed by atoms with E-state index in [0.29, 0.717) is 24.7 Å². The maximum absolute atomic E-state index is 13.7. The first kappa shape index (κ1) is 23.2. The molecular weight excluding hydrogens is 499 g/mol. The summed E-state index contributed by atoms with van der Waals surface area (Å²) in [6.07, 6.45) is 0.890. The van der Waals surface area contributed by atoms with Crippen molar-refractivity contribution in [3.8, 4) is 0 Å². The molecule has 1 heterocycles. The predicted molar refractivity (Wildman–Crippen MR) is 117 cm³/mol. The van der Waals surface area contributed by atoms with Gasteiger partial charge >= 0.3 is 0 Å². The lowest BCUT2D eigenvalue weighted by Gasteiger charge is -2.19. The van der Waals surface area contributed by atoms with E-state index in [4.69, 9.17) is 0 Å². The van der Waals surface area contributed by atoms with Crippen LogP contribution in [0.3, 0.4) is 0 Å². The van der Waals surface area contributed by atoms with Crippen LogP contribution in [0.1, 0.15) is 12.0 Å². The van der Waals surface area contributed by atoms with Crippen LogP contribution < -0.4 is 15.5 Å². The monoisotopic (exact) mass is 522 g/mol. The third-order valence-corrected chi connectivity index (χ3v) is 4.79. The molecule has 9 heteroatoms. The molecule has 0 amide bonds. The Kier molecular flexibility index (Phi) is 8.54. The fraction of sp³-hybridized carbons (Fsp3) is 0.350. The summed E-state index contributed by atoms with van der Waals surface area (Å²) in [6, 6.07) is 7.22. The summed E-state index contributed by atoms with van der Waals surface area (Å²) in [5.41, 5.74) is 0.874. The van der Waals surface area contributed by atoms with E-state index < -0.39 is 23.3 Å². The molecule has 0 radical (unpaired) electrons. The largest absolute Gasteiger partial charge is 0.371 e. The molecule has 1 aliphatic heterocycles. The number of benzene rings is 2. The van der Waals surface area contributed by atoms with Crippen LogP contribution >= 0.6 is 24.0 Å². The maximum Gasteiger partial charge on any atom is 0.191 e. The Labute approximate surface area is 184 Å². The van der Waals surface area contributed by atoms with Crippen LogP contribution in [0, 0.1) is 29.2 Å². The molecule has 1 aliphatic rings. The molecule has 0 aliphatic carbocycles. The molecule has 2 N–H and O–H groups in total. The number of aliphatic imine (C=N–C) groups is 1. The Balaban J connectivity index is 0.00000300. The van der Waals surface area contributed by atoms with Gasteiger partial charge in [-0.1, -0.05) is 0 Å². The molecule has 0 saturated carbocycles. The van der Waals surface area contributed by atoms with Crippen LogP contribution in [0.25, 0.3) is 0 Å².